The molecule has 0 unspecified atom stereocenters. The van der Waals surface area contributed by atoms with Gasteiger partial charge in [0.1, 0.15) is 171 Å². The molecule has 0 amide bonds. The van der Waals surface area contributed by atoms with Gasteiger partial charge < -0.3 is 166 Å². The lowest BCUT2D eigenvalue weighted by atomic mass is 9.94. The number of fused-ring (bicyclic) bond motifs is 2. The molecule has 3 aromatic carbocycles. The van der Waals surface area contributed by atoms with Gasteiger partial charge in [0.05, 0.1) is 52.9 Å². The molecule has 638 valence electrons. The Balaban J connectivity index is 1.01. The van der Waals surface area contributed by atoms with E-state index in [1.165, 1.54) is 142 Å². The van der Waals surface area contributed by atoms with Gasteiger partial charge in [0.25, 0.3) is 0 Å². The normalized spacial score (nSPS) is 41.8. The van der Waals surface area contributed by atoms with Crippen LogP contribution >= 0.6 is 0 Å². The van der Waals surface area contributed by atoms with Crippen molar-refractivity contribution in [3.63, 3.8) is 0 Å². The molecule has 21 aliphatic heterocycles. The average molecular weight is 1610 g/mol. The third-order valence-electron chi connectivity index (χ3n) is 22.4. The molecular weight excluding hydrogens is 1480 g/mol. The molecule has 35 heteroatoms. The summed E-state index contributed by atoms with van der Waals surface area (Å²) in [5.74, 6) is 0. The number of benzene rings is 3. The summed E-state index contributed by atoms with van der Waals surface area (Å²) in [6, 6.07) is 18.5. The molecule has 0 aromatic heterocycles. The second-order valence-electron chi connectivity index (χ2n) is 28.4. The standard InChI is InChI=1S/C77H120O35/c1-78-31-43-50-57(84-7)65(92-15)72(100-43)108-52-45(33-80-3)102-74(67(94-17)59(52)86-9)110-54-47(35-82-5)104-76(69(96-19)61(54)88-11)112-56-49(37-98-30-42-40-27-23-21-25-38(40)29-39-26-22-24-28-41(39)42)105-77(70(97-20)63(56)90-13)111-55-48(36-83-6)103-75(68(95-18)62(55)89-12)109-53-46(34-81-4)101-73(66(93-16)60(53)87-10)107-51-44(32-79-2)99-71(106-50)64(91-14)58(51)85-8/h21-29,43-77H,30-37H2,1-20H3/t43-,44-,45-,46-,47-,48-,49-,50-,51-,52-,53-,54-,55-,56-,57+,58+,59+,60+,61+,62+,63+,64-,65-,66-,67-,68-,69-,70-,71-,72-,73-,74-,75-,76-,77-/m1/s1. The van der Waals surface area contributed by atoms with Crippen LogP contribution in [0.5, 0.6) is 0 Å². The smallest absolute Gasteiger partial charge is 0.187 e. The molecule has 21 saturated heterocycles. The van der Waals surface area contributed by atoms with Crippen LogP contribution in [-0.4, -0.2) is 403 Å². The summed E-state index contributed by atoms with van der Waals surface area (Å²) < 4.78 is 231. The van der Waals surface area contributed by atoms with Crippen LogP contribution in [0.1, 0.15) is 5.56 Å². The first-order valence-corrected chi connectivity index (χ1v) is 37.7. The summed E-state index contributed by atoms with van der Waals surface area (Å²) >= 11 is 0. The van der Waals surface area contributed by atoms with Crippen LogP contribution in [0.2, 0.25) is 0 Å². The van der Waals surface area contributed by atoms with Crippen molar-refractivity contribution < 1.29 is 166 Å². The molecule has 0 radical (unpaired) electrons. The maximum absolute atomic E-state index is 7.32. The lowest BCUT2D eigenvalue weighted by molar-refractivity contribution is -0.402. The molecule has 3 aromatic rings. The molecule has 35 atom stereocenters. The molecule has 0 N–H and O–H groups in total. The zero-order valence-corrected chi connectivity index (χ0v) is 67.8. The Morgan fingerprint density at radius 3 is 0.571 bits per heavy atom. The number of ether oxygens (including phenoxy) is 35. The number of methoxy groups -OCH3 is 20. The van der Waals surface area contributed by atoms with Crippen LogP contribution in [0.25, 0.3) is 21.5 Å². The number of hydrogen-bond donors (Lipinski definition) is 0. The molecule has 21 aliphatic rings. The molecule has 21 fully saturated rings. The lowest BCUT2D eigenvalue weighted by Gasteiger charge is -2.52. The van der Waals surface area contributed by atoms with Crippen LogP contribution in [0.3, 0.4) is 0 Å². The summed E-state index contributed by atoms with van der Waals surface area (Å²) in [7, 11) is 30.4. The second-order valence-corrected chi connectivity index (χ2v) is 28.4. The SMILES string of the molecule is COC[C@H]1O[C@@H]2O[C@H]3[C@H](OC)[C@@H](OC)[C@@H](O[C@H]4[C@H](OC)[C@@H](OC)[C@@H](O[C@H]5[C@H](OC)[C@@H](OC)[C@@H](O[C@H]6[C@H](OC)[C@@H](OC)[C@@H](O[C@H]7[C@H](OC)[C@@H](OC)[C@@H](O[C@H]8[C@H](OC)[C@@H](OC)[C@@H](O[C@H]1[C@H](OC)[C@H]2OC)O[C@@H]8COC)O[C@@H]7COC)O[C@@H]6COC)O[C@@H]5COCc1c2ccccc2cc2ccccc12)O[C@@H]4COC)O[C@@H]3COC. The molecule has 21 heterocycles. The Hall–Kier alpha value is -3.22. The third kappa shape index (κ3) is 19.0. The van der Waals surface area contributed by atoms with Gasteiger partial charge in [-0.1, -0.05) is 48.5 Å². The van der Waals surface area contributed by atoms with E-state index in [1.54, 1.807) is 0 Å². The number of hydrogen-bond acceptors (Lipinski definition) is 35. The van der Waals surface area contributed by atoms with Gasteiger partial charge in [0.15, 0.2) is 44.0 Å². The van der Waals surface area contributed by atoms with E-state index in [0.717, 1.165) is 27.1 Å². The fourth-order valence-corrected chi connectivity index (χ4v) is 17.2. The van der Waals surface area contributed by atoms with Crippen molar-refractivity contribution >= 4 is 21.5 Å². The van der Waals surface area contributed by atoms with Gasteiger partial charge in [-0.15, -0.1) is 0 Å². The predicted molar refractivity (Wildman–Crippen MR) is 388 cm³/mol. The van der Waals surface area contributed by atoms with Crippen molar-refractivity contribution in [2.24, 2.45) is 0 Å². The summed E-state index contributed by atoms with van der Waals surface area (Å²) in [5.41, 5.74) is 0.959. The molecule has 0 saturated carbocycles. The Morgan fingerprint density at radius 1 is 0.214 bits per heavy atom. The fraction of sp³-hybridized carbons (Fsp3) is 0.818. The van der Waals surface area contributed by atoms with E-state index in [2.05, 4.69) is 30.3 Å². The van der Waals surface area contributed by atoms with Crippen molar-refractivity contribution in [3.8, 4) is 0 Å². The van der Waals surface area contributed by atoms with E-state index in [1.807, 2.05) is 24.3 Å². The highest BCUT2D eigenvalue weighted by molar-refractivity contribution is 6.02. The quantitative estimate of drug-likeness (QED) is 0.0865. The minimum atomic E-state index is -1.29. The summed E-state index contributed by atoms with van der Waals surface area (Å²) in [6.07, 6.45) is -37.1. The van der Waals surface area contributed by atoms with Crippen LogP contribution in [0.15, 0.2) is 54.6 Å². The van der Waals surface area contributed by atoms with Crippen molar-refractivity contribution in [1.29, 1.82) is 0 Å². The van der Waals surface area contributed by atoms with E-state index in [-0.39, 0.29) is 52.9 Å². The Kier molecular flexibility index (Phi) is 34.5. The summed E-state index contributed by atoms with van der Waals surface area (Å²) in [6.45, 7) is -0.286. The third-order valence-corrected chi connectivity index (χ3v) is 22.4. The minimum Gasteiger partial charge on any atom is -0.382 e. The monoisotopic (exact) mass is 1600 g/mol. The van der Waals surface area contributed by atoms with E-state index in [9.17, 15) is 0 Å². The van der Waals surface area contributed by atoms with Gasteiger partial charge in [-0.2, -0.15) is 0 Å². The molecule has 112 heavy (non-hydrogen) atoms. The van der Waals surface area contributed by atoms with Crippen LogP contribution in [-0.2, 0) is 172 Å². The highest BCUT2D eigenvalue weighted by Gasteiger charge is 2.62. The molecule has 35 nitrogen and oxygen atoms in total. The van der Waals surface area contributed by atoms with Gasteiger partial charge in [-0.25, -0.2) is 0 Å². The van der Waals surface area contributed by atoms with E-state index in [0.29, 0.717) is 0 Å². The number of rotatable bonds is 30. The van der Waals surface area contributed by atoms with E-state index in [4.69, 9.17) is 166 Å². The van der Waals surface area contributed by atoms with Gasteiger partial charge in [0.2, 0.25) is 0 Å². The van der Waals surface area contributed by atoms with Crippen LogP contribution in [0.4, 0.5) is 0 Å². The Bertz CT molecular complexity index is 3150. The fourth-order valence-electron chi connectivity index (χ4n) is 17.2. The van der Waals surface area contributed by atoms with Crippen molar-refractivity contribution in [1.82, 2.24) is 0 Å². The first kappa shape index (κ1) is 89.6. The first-order valence-electron chi connectivity index (χ1n) is 37.7. The molecular formula is C77H120O35. The summed E-state index contributed by atoms with van der Waals surface area (Å²) in [5, 5.41) is 4.10. The topological polar surface area (TPSA) is 323 Å². The lowest BCUT2D eigenvalue weighted by Crippen LogP contribution is -2.69. The Morgan fingerprint density at radius 2 is 0.393 bits per heavy atom. The minimum absolute atomic E-state index is 0.0464. The van der Waals surface area contributed by atoms with Gasteiger partial charge in [0, 0.05) is 142 Å². The maximum atomic E-state index is 7.32. The van der Waals surface area contributed by atoms with Gasteiger partial charge in [-0.05, 0) is 33.2 Å². The Labute approximate surface area is 655 Å². The molecule has 14 bridgehead atoms. The second kappa shape index (κ2) is 43.1. The predicted octanol–water partition coefficient (Wildman–Crippen LogP) is 2.38. The maximum Gasteiger partial charge on any atom is 0.187 e. The van der Waals surface area contributed by atoms with Crippen molar-refractivity contribution in [2.75, 3.05) is 188 Å². The van der Waals surface area contributed by atoms with E-state index < -0.39 is 215 Å². The zero-order chi connectivity index (χ0) is 79.9. The highest BCUT2D eigenvalue weighted by atomic mass is 16.8. The van der Waals surface area contributed by atoms with E-state index >= 15 is 0 Å². The van der Waals surface area contributed by atoms with Crippen molar-refractivity contribution in [2.45, 2.75) is 222 Å². The largest absolute Gasteiger partial charge is 0.382 e. The van der Waals surface area contributed by atoms with Gasteiger partial charge in [-0.3, -0.25) is 0 Å². The van der Waals surface area contributed by atoms with Gasteiger partial charge >= 0.3 is 0 Å². The van der Waals surface area contributed by atoms with Crippen LogP contribution < -0.4 is 0 Å². The molecule has 0 spiro atoms. The molecule has 24 rings (SSSR count). The average Bonchev–Trinajstić information content (AvgIpc) is 0.759. The zero-order valence-electron chi connectivity index (χ0n) is 67.8. The van der Waals surface area contributed by atoms with Crippen molar-refractivity contribution in [3.05, 3.63) is 60.2 Å². The highest BCUT2D eigenvalue weighted by Crippen LogP contribution is 2.44. The first-order chi connectivity index (χ1) is 54.7. The molecule has 0 aliphatic carbocycles. The van der Waals surface area contributed by atoms with Crippen LogP contribution in [0, 0.1) is 0 Å². The summed E-state index contributed by atoms with van der Waals surface area (Å²) in [4.78, 5) is 0.